The topological polar surface area (TPSA) is 66.6 Å². The van der Waals surface area contributed by atoms with E-state index in [-0.39, 0.29) is 12.3 Å². The van der Waals surface area contributed by atoms with Gasteiger partial charge in [0, 0.05) is 25.3 Å². The monoisotopic (exact) mass is 284 g/mol. The number of non-ortho nitro benzene ring substituents is 1. The molecule has 6 heteroatoms. The van der Waals surface area contributed by atoms with Crippen LogP contribution in [0.5, 0.6) is 0 Å². The summed E-state index contributed by atoms with van der Waals surface area (Å²) in [5.41, 5.74) is 0.933. The van der Waals surface area contributed by atoms with Crippen LogP contribution in [0.2, 0.25) is 5.02 Å². The average Bonchev–Trinajstić information content (AvgIpc) is 2.41. The molecule has 0 bridgehead atoms. The predicted octanol–water partition coefficient (Wildman–Crippen LogP) is 2.45. The molecule has 1 saturated heterocycles. The fourth-order valence-corrected chi connectivity index (χ4v) is 2.58. The van der Waals surface area contributed by atoms with Crippen LogP contribution in [-0.4, -0.2) is 34.6 Å². The molecule has 1 aliphatic rings. The smallest absolute Gasteiger partial charge is 0.270 e. The minimum Gasteiger partial charge on any atom is -0.396 e. The molecule has 0 spiro atoms. The fourth-order valence-electron chi connectivity index (χ4n) is 2.35. The predicted molar refractivity (Wildman–Crippen MR) is 73.2 cm³/mol. The van der Waals surface area contributed by atoms with Crippen LogP contribution in [0.1, 0.15) is 18.4 Å². The van der Waals surface area contributed by atoms with E-state index >= 15 is 0 Å². The van der Waals surface area contributed by atoms with Gasteiger partial charge in [-0.3, -0.25) is 15.0 Å². The third kappa shape index (κ3) is 3.65. The molecule has 0 aromatic heterocycles. The van der Waals surface area contributed by atoms with Crippen LogP contribution in [-0.2, 0) is 6.54 Å². The van der Waals surface area contributed by atoms with E-state index in [1.54, 1.807) is 6.07 Å². The molecule has 1 heterocycles. The number of nitro groups is 1. The first kappa shape index (κ1) is 14.2. The number of piperidine rings is 1. The van der Waals surface area contributed by atoms with Crippen molar-refractivity contribution in [2.75, 3.05) is 19.7 Å². The van der Waals surface area contributed by atoms with Crippen molar-refractivity contribution in [2.24, 2.45) is 5.92 Å². The summed E-state index contributed by atoms with van der Waals surface area (Å²) in [7, 11) is 0. The summed E-state index contributed by atoms with van der Waals surface area (Å²) < 4.78 is 0. The van der Waals surface area contributed by atoms with Gasteiger partial charge in [-0.2, -0.15) is 0 Å². The highest BCUT2D eigenvalue weighted by Gasteiger charge is 2.19. The van der Waals surface area contributed by atoms with Crippen molar-refractivity contribution in [1.29, 1.82) is 0 Å². The largest absolute Gasteiger partial charge is 0.396 e. The molecular formula is C13H17ClN2O3. The van der Waals surface area contributed by atoms with Crippen molar-refractivity contribution < 1.29 is 10.0 Å². The van der Waals surface area contributed by atoms with E-state index < -0.39 is 4.92 Å². The van der Waals surface area contributed by atoms with Gasteiger partial charge in [-0.15, -0.1) is 0 Å². The number of hydrogen-bond acceptors (Lipinski definition) is 4. The molecule has 0 aliphatic carbocycles. The Balaban J connectivity index is 1.98. The highest BCUT2D eigenvalue weighted by molar-refractivity contribution is 6.31. The Kier molecular flexibility index (Phi) is 4.74. The normalized spacial score (nSPS) is 17.6. The molecule has 0 atom stereocenters. The Hall–Kier alpha value is -1.17. The second-order valence-electron chi connectivity index (χ2n) is 4.93. The molecule has 0 amide bonds. The summed E-state index contributed by atoms with van der Waals surface area (Å²) in [5.74, 6) is 0.406. The molecule has 0 radical (unpaired) electrons. The van der Waals surface area contributed by atoms with Crippen molar-refractivity contribution >= 4 is 17.3 Å². The first-order valence-electron chi connectivity index (χ1n) is 6.36. The molecule has 1 fully saturated rings. The molecule has 1 aromatic rings. The SMILES string of the molecule is O=[N+]([O-])c1ccc(CN2CCC(CO)CC2)c(Cl)c1. The second-order valence-corrected chi connectivity index (χ2v) is 5.34. The van der Waals surface area contributed by atoms with Crippen LogP contribution in [0.4, 0.5) is 5.69 Å². The highest BCUT2D eigenvalue weighted by Crippen LogP contribution is 2.25. The van der Waals surface area contributed by atoms with Crippen LogP contribution < -0.4 is 0 Å². The van der Waals surface area contributed by atoms with Gasteiger partial charge in [0.25, 0.3) is 5.69 Å². The Morgan fingerprint density at radius 3 is 2.63 bits per heavy atom. The Morgan fingerprint density at radius 2 is 2.11 bits per heavy atom. The number of benzene rings is 1. The lowest BCUT2D eigenvalue weighted by atomic mass is 9.97. The number of nitro benzene ring substituents is 1. The Morgan fingerprint density at radius 1 is 1.42 bits per heavy atom. The van der Waals surface area contributed by atoms with Crippen LogP contribution >= 0.6 is 11.6 Å². The fraction of sp³-hybridized carbons (Fsp3) is 0.538. The maximum Gasteiger partial charge on any atom is 0.270 e. The molecule has 1 N–H and O–H groups in total. The zero-order chi connectivity index (χ0) is 13.8. The standard InChI is InChI=1S/C13H17ClN2O3/c14-13-7-12(16(18)19)2-1-11(13)8-15-5-3-10(9-17)4-6-15/h1-2,7,10,17H,3-6,8-9H2. The Labute approximate surface area is 116 Å². The van der Waals surface area contributed by atoms with Gasteiger partial charge in [0.2, 0.25) is 0 Å². The number of halogens is 1. The number of likely N-dealkylation sites (tertiary alicyclic amines) is 1. The molecule has 0 unspecified atom stereocenters. The van der Waals surface area contributed by atoms with Gasteiger partial charge in [-0.25, -0.2) is 0 Å². The third-order valence-corrected chi connectivity index (χ3v) is 3.96. The lowest BCUT2D eigenvalue weighted by molar-refractivity contribution is -0.384. The van der Waals surface area contributed by atoms with Crippen molar-refractivity contribution in [1.82, 2.24) is 4.90 Å². The van der Waals surface area contributed by atoms with E-state index in [0.717, 1.165) is 31.5 Å². The number of nitrogens with zero attached hydrogens (tertiary/aromatic N) is 2. The van der Waals surface area contributed by atoms with Crippen LogP contribution in [0.25, 0.3) is 0 Å². The van der Waals surface area contributed by atoms with E-state index in [1.807, 2.05) is 0 Å². The van der Waals surface area contributed by atoms with Gasteiger partial charge in [0.1, 0.15) is 0 Å². The van der Waals surface area contributed by atoms with Crippen molar-refractivity contribution in [3.8, 4) is 0 Å². The van der Waals surface area contributed by atoms with Gasteiger partial charge in [0.05, 0.1) is 9.95 Å². The molecule has 19 heavy (non-hydrogen) atoms. The average molecular weight is 285 g/mol. The number of aliphatic hydroxyl groups excluding tert-OH is 1. The third-order valence-electron chi connectivity index (χ3n) is 3.61. The highest BCUT2D eigenvalue weighted by atomic mass is 35.5. The van der Waals surface area contributed by atoms with Gasteiger partial charge in [0.15, 0.2) is 0 Å². The minimum absolute atomic E-state index is 0.0211. The van der Waals surface area contributed by atoms with E-state index in [9.17, 15) is 10.1 Å². The molecular weight excluding hydrogens is 268 g/mol. The molecule has 5 nitrogen and oxygen atoms in total. The van der Waals surface area contributed by atoms with E-state index in [2.05, 4.69) is 4.90 Å². The first-order chi connectivity index (χ1) is 9.10. The lowest BCUT2D eigenvalue weighted by Gasteiger charge is -2.31. The maximum atomic E-state index is 10.6. The van der Waals surface area contributed by atoms with Gasteiger partial charge in [-0.05, 0) is 43.5 Å². The van der Waals surface area contributed by atoms with Gasteiger partial charge < -0.3 is 5.11 Å². The number of rotatable bonds is 4. The van der Waals surface area contributed by atoms with Crippen molar-refractivity contribution in [3.05, 3.63) is 38.9 Å². The van der Waals surface area contributed by atoms with Crippen LogP contribution in [0.15, 0.2) is 18.2 Å². The molecule has 104 valence electrons. The van der Waals surface area contributed by atoms with Gasteiger partial charge >= 0.3 is 0 Å². The van der Waals surface area contributed by atoms with Crippen LogP contribution in [0.3, 0.4) is 0 Å². The van der Waals surface area contributed by atoms with E-state index in [4.69, 9.17) is 16.7 Å². The Bertz CT molecular complexity index is 459. The summed E-state index contributed by atoms with van der Waals surface area (Å²) in [6.45, 7) is 2.82. The minimum atomic E-state index is -0.442. The zero-order valence-electron chi connectivity index (χ0n) is 10.6. The summed E-state index contributed by atoms with van der Waals surface area (Å²) in [4.78, 5) is 12.5. The van der Waals surface area contributed by atoms with Crippen molar-refractivity contribution in [3.63, 3.8) is 0 Å². The number of hydrogen-bond donors (Lipinski definition) is 1. The molecule has 1 aromatic carbocycles. The van der Waals surface area contributed by atoms with Gasteiger partial charge in [-0.1, -0.05) is 11.6 Å². The van der Waals surface area contributed by atoms with E-state index in [0.29, 0.717) is 17.5 Å². The second kappa shape index (κ2) is 6.32. The molecule has 2 rings (SSSR count). The number of aliphatic hydroxyl groups is 1. The first-order valence-corrected chi connectivity index (χ1v) is 6.74. The maximum absolute atomic E-state index is 10.6. The van der Waals surface area contributed by atoms with E-state index in [1.165, 1.54) is 12.1 Å². The zero-order valence-corrected chi connectivity index (χ0v) is 11.3. The summed E-state index contributed by atoms with van der Waals surface area (Å²) >= 11 is 6.08. The summed E-state index contributed by atoms with van der Waals surface area (Å²) in [5, 5.41) is 20.2. The summed E-state index contributed by atoms with van der Waals surface area (Å²) in [6.07, 6.45) is 1.97. The lowest BCUT2D eigenvalue weighted by Crippen LogP contribution is -2.34. The molecule has 0 saturated carbocycles. The quantitative estimate of drug-likeness (QED) is 0.681. The van der Waals surface area contributed by atoms with Crippen molar-refractivity contribution in [2.45, 2.75) is 19.4 Å². The summed E-state index contributed by atoms with van der Waals surface area (Å²) in [6, 6.07) is 4.61. The van der Waals surface area contributed by atoms with Crippen LogP contribution in [0, 0.1) is 16.0 Å². The molecule has 1 aliphatic heterocycles.